The van der Waals surface area contributed by atoms with Gasteiger partial charge >= 0.3 is 0 Å². The lowest BCUT2D eigenvalue weighted by Gasteiger charge is -2.23. The summed E-state index contributed by atoms with van der Waals surface area (Å²) in [5, 5.41) is 10.6. The van der Waals surface area contributed by atoms with Gasteiger partial charge in [0.25, 0.3) is 0 Å². The van der Waals surface area contributed by atoms with Crippen molar-refractivity contribution in [3.05, 3.63) is 59.6 Å². The molecule has 1 atom stereocenters. The molecule has 2 aromatic heterocycles. The zero-order valence-corrected chi connectivity index (χ0v) is 15.1. The van der Waals surface area contributed by atoms with Crippen LogP contribution in [-0.2, 0) is 22.7 Å². The Balaban J connectivity index is 1.43. The smallest absolute Gasteiger partial charge is 0.231 e. The Morgan fingerprint density at radius 3 is 2.89 bits per heavy atom. The summed E-state index contributed by atoms with van der Waals surface area (Å²) in [6.45, 7) is 0.650. The number of aromatic nitrogens is 2. The Bertz CT molecular complexity index is 964. The number of rotatable bonds is 5. The van der Waals surface area contributed by atoms with Gasteiger partial charge in [-0.25, -0.2) is 4.68 Å². The Labute approximate surface area is 160 Å². The van der Waals surface area contributed by atoms with E-state index in [0.717, 1.165) is 11.1 Å². The molecule has 0 saturated heterocycles. The van der Waals surface area contributed by atoms with Crippen LogP contribution in [0.2, 0.25) is 5.02 Å². The molecule has 3 aromatic rings. The maximum absolute atomic E-state index is 12.5. The van der Waals surface area contributed by atoms with Gasteiger partial charge in [0.2, 0.25) is 11.8 Å². The molecule has 3 heterocycles. The van der Waals surface area contributed by atoms with Gasteiger partial charge in [0.1, 0.15) is 11.6 Å². The SMILES string of the molecule is O=C(C[C@@H]1Cn2ncc(-c3ccc(Cl)cc3)c2NC1=O)NCc1ccco1. The minimum absolute atomic E-state index is 0.0854. The first kappa shape index (κ1) is 17.4. The fraction of sp³-hybridized carbons (Fsp3) is 0.211. The van der Waals surface area contributed by atoms with Gasteiger partial charge in [-0.3, -0.25) is 9.59 Å². The van der Waals surface area contributed by atoms with Gasteiger partial charge in [0, 0.05) is 17.0 Å². The van der Waals surface area contributed by atoms with Crippen LogP contribution in [0.1, 0.15) is 12.2 Å². The largest absolute Gasteiger partial charge is 0.467 e. The predicted octanol–water partition coefficient (Wildman–Crippen LogP) is 3.07. The number of halogens is 1. The highest BCUT2D eigenvalue weighted by Crippen LogP contribution is 2.32. The molecule has 8 heteroatoms. The van der Waals surface area contributed by atoms with Crippen LogP contribution in [0.4, 0.5) is 5.82 Å². The summed E-state index contributed by atoms with van der Waals surface area (Å²) >= 11 is 5.93. The summed E-state index contributed by atoms with van der Waals surface area (Å²) in [5.74, 6) is 0.423. The number of hydrogen-bond acceptors (Lipinski definition) is 4. The van der Waals surface area contributed by atoms with Crippen molar-refractivity contribution in [3.8, 4) is 11.1 Å². The Kier molecular flexibility index (Phi) is 4.68. The molecule has 0 saturated carbocycles. The van der Waals surface area contributed by atoms with E-state index in [-0.39, 0.29) is 18.2 Å². The van der Waals surface area contributed by atoms with Crippen molar-refractivity contribution in [1.82, 2.24) is 15.1 Å². The van der Waals surface area contributed by atoms with Crippen LogP contribution in [0.5, 0.6) is 0 Å². The number of hydrogen-bond donors (Lipinski definition) is 2. The van der Waals surface area contributed by atoms with E-state index in [9.17, 15) is 9.59 Å². The Hall–Kier alpha value is -3.06. The van der Waals surface area contributed by atoms with E-state index < -0.39 is 5.92 Å². The highest BCUT2D eigenvalue weighted by Gasteiger charge is 2.30. The molecule has 0 unspecified atom stereocenters. The monoisotopic (exact) mass is 384 g/mol. The van der Waals surface area contributed by atoms with Gasteiger partial charge in [-0.1, -0.05) is 23.7 Å². The topological polar surface area (TPSA) is 89.2 Å². The maximum atomic E-state index is 12.5. The van der Waals surface area contributed by atoms with Crippen LogP contribution >= 0.6 is 11.6 Å². The van der Waals surface area contributed by atoms with Gasteiger partial charge in [-0.05, 0) is 29.8 Å². The molecule has 0 spiro atoms. The van der Waals surface area contributed by atoms with Gasteiger partial charge in [0.15, 0.2) is 0 Å². The minimum Gasteiger partial charge on any atom is -0.467 e. The summed E-state index contributed by atoms with van der Waals surface area (Å²) in [7, 11) is 0. The van der Waals surface area contributed by atoms with Crippen molar-refractivity contribution in [2.75, 3.05) is 5.32 Å². The van der Waals surface area contributed by atoms with E-state index in [2.05, 4.69) is 15.7 Å². The summed E-state index contributed by atoms with van der Waals surface area (Å²) < 4.78 is 6.90. The third-order valence-electron chi connectivity index (χ3n) is 4.47. The number of nitrogens with one attached hydrogen (secondary N) is 2. The average Bonchev–Trinajstić information content (AvgIpc) is 3.31. The number of furan rings is 1. The van der Waals surface area contributed by atoms with Gasteiger partial charge < -0.3 is 15.1 Å². The van der Waals surface area contributed by atoms with E-state index in [0.29, 0.717) is 29.7 Å². The van der Waals surface area contributed by atoms with E-state index in [1.165, 1.54) is 0 Å². The Morgan fingerprint density at radius 1 is 1.33 bits per heavy atom. The van der Waals surface area contributed by atoms with Gasteiger partial charge in [-0.15, -0.1) is 0 Å². The molecule has 27 heavy (non-hydrogen) atoms. The minimum atomic E-state index is -0.480. The maximum Gasteiger partial charge on any atom is 0.231 e. The van der Waals surface area contributed by atoms with Crippen molar-refractivity contribution in [2.45, 2.75) is 19.5 Å². The molecule has 138 valence electrons. The fourth-order valence-electron chi connectivity index (χ4n) is 3.06. The third kappa shape index (κ3) is 3.73. The highest BCUT2D eigenvalue weighted by molar-refractivity contribution is 6.30. The Morgan fingerprint density at radius 2 is 2.15 bits per heavy atom. The second-order valence-electron chi connectivity index (χ2n) is 6.34. The highest BCUT2D eigenvalue weighted by atomic mass is 35.5. The van der Waals surface area contributed by atoms with Crippen LogP contribution in [0.15, 0.2) is 53.3 Å². The molecule has 0 radical (unpaired) electrons. The first-order chi connectivity index (χ1) is 13.1. The lowest BCUT2D eigenvalue weighted by molar-refractivity contribution is -0.128. The molecule has 1 aliphatic heterocycles. The zero-order valence-electron chi connectivity index (χ0n) is 14.3. The first-order valence-electron chi connectivity index (χ1n) is 8.52. The van der Waals surface area contributed by atoms with Crippen LogP contribution in [0.3, 0.4) is 0 Å². The molecular weight excluding hydrogens is 368 g/mol. The number of amides is 2. The molecule has 7 nitrogen and oxygen atoms in total. The van der Waals surface area contributed by atoms with Crippen molar-refractivity contribution < 1.29 is 14.0 Å². The van der Waals surface area contributed by atoms with E-state index >= 15 is 0 Å². The van der Waals surface area contributed by atoms with E-state index in [1.54, 1.807) is 41.4 Å². The van der Waals surface area contributed by atoms with Gasteiger partial charge in [-0.2, -0.15) is 5.10 Å². The second-order valence-corrected chi connectivity index (χ2v) is 6.78. The molecule has 2 amide bonds. The summed E-state index contributed by atoms with van der Waals surface area (Å²) in [6.07, 6.45) is 3.34. The number of carbonyl (C=O) groups is 2. The number of fused-ring (bicyclic) bond motifs is 1. The number of nitrogens with zero attached hydrogens (tertiary/aromatic N) is 2. The summed E-state index contributed by atoms with van der Waals surface area (Å²) in [6, 6.07) is 10.9. The molecule has 0 bridgehead atoms. The summed E-state index contributed by atoms with van der Waals surface area (Å²) in [5.41, 5.74) is 1.73. The van der Waals surface area contributed by atoms with Crippen LogP contribution < -0.4 is 10.6 Å². The molecule has 0 fully saturated rings. The van der Waals surface area contributed by atoms with Gasteiger partial charge in [0.05, 0.1) is 31.5 Å². The quantitative estimate of drug-likeness (QED) is 0.707. The lowest BCUT2D eigenvalue weighted by atomic mass is 10.0. The van der Waals surface area contributed by atoms with Crippen molar-refractivity contribution in [1.29, 1.82) is 0 Å². The predicted molar refractivity (Wildman–Crippen MR) is 100.0 cm³/mol. The van der Waals surface area contributed by atoms with E-state index in [4.69, 9.17) is 16.0 Å². The lowest BCUT2D eigenvalue weighted by Crippen LogP contribution is -2.37. The zero-order chi connectivity index (χ0) is 18.8. The average molecular weight is 385 g/mol. The van der Waals surface area contributed by atoms with Crippen molar-refractivity contribution in [3.63, 3.8) is 0 Å². The fourth-order valence-corrected chi connectivity index (χ4v) is 3.18. The van der Waals surface area contributed by atoms with Crippen LogP contribution in [0, 0.1) is 5.92 Å². The molecule has 1 aliphatic rings. The van der Waals surface area contributed by atoms with Crippen LogP contribution in [0.25, 0.3) is 11.1 Å². The van der Waals surface area contributed by atoms with Crippen LogP contribution in [-0.4, -0.2) is 21.6 Å². The molecule has 4 rings (SSSR count). The summed E-state index contributed by atoms with van der Waals surface area (Å²) in [4.78, 5) is 24.6. The number of carbonyl (C=O) groups excluding carboxylic acids is 2. The molecule has 2 N–H and O–H groups in total. The number of anilines is 1. The molecular formula is C19H17ClN4O3. The third-order valence-corrected chi connectivity index (χ3v) is 4.72. The first-order valence-corrected chi connectivity index (χ1v) is 8.89. The van der Waals surface area contributed by atoms with E-state index in [1.807, 2.05) is 12.1 Å². The molecule has 1 aromatic carbocycles. The van der Waals surface area contributed by atoms with Crippen molar-refractivity contribution >= 4 is 29.2 Å². The normalized spacial score (nSPS) is 15.9. The molecule has 0 aliphatic carbocycles. The number of benzene rings is 1. The van der Waals surface area contributed by atoms with Crippen molar-refractivity contribution in [2.24, 2.45) is 5.92 Å². The standard InChI is InChI=1S/C19H17ClN4O3/c20-14-5-3-12(4-6-14)16-10-22-24-11-13(19(26)23-18(16)24)8-17(25)21-9-15-2-1-7-27-15/h1-7,10,13H,8-9,11H2,(H,21,25)(H,23,26)/t13-/m1/s1. The second kappa shape index (κ2) is 7.28.